The van der Waals surface area contributed by atoms with Crippen molar-refractivity contribution in [3.05, 3.63) is 0 Å². The first-order valence-electron chi connectivity index (χ1n) is 9.85. The number of aliphatic hydroxyl groups excluding tert-OH is 5. The Labute approximate surface area is 163 Å². The molecule has 4 bridgehead atoms. The summed E-state index contributed by atoms with van der Waals surface area (Å²) in [6.45, 7) is 1.24. The summed E-state index contributed by atoms with van der Waals surface area (Å²) in [5, 5.41) is 55.0. The summed E-state index contributed by atoms with van der Waals surface area (Å²) in [7, 11) is 0. The summed E-state index contributed by atoms with van der Waals surface area (Å²) in [5.74, 6) is -1.26. The predicted octanol–water partition coefficient (Wildman–Crippen LogP) is -2.72. The third-order valence-corrected chi connectivity index (χ3v) is 5.93. The summed E-state index contributed by atoms with van der Waals surface area (Å²) in [4.78, 5) is 11.3. The Bertz CT molecular complexity index is 533. The quantitative estimate of drug-likeness (QED) is 0.293. The van der Waals surface area contributed by atoms with Gasteiger partial charge < -0.3 is 45.1 Å². The molecule has 1 unspecified atom stereocenters. The van der Waals surface area contributed by atoms with Gasteiger partial charge in [-0.25, -0.2) is 0 Å². The molecular formula is C18H31NO9. The Hall–Kier alpha value is -0.850. The fourth-order valence-electron chi connectivity index (χ4n) is 4.44. The van der Waals surface area contributed by atoms with Crippen molar-refractivity contribution in [1.82, 2.24) is 5.32 Å². The first-order chi connectivity index (χ1) is 13.3. The van der Waals surface area contributed by atoms with E-state index in [1.807, 2.05) is 0 Å². The van der Waals surface area contributed by atoms with Gasteiger partial charge in [-0.1, -0.05) is 0 Å². The normalized spacial score (nSPS) is 47.1. The Morgan fingerprint density at radius 2 is 1.68 bits per heavy atom. The van der Waals surface area contributed by atoms with Crippen molar-refractivity contribution in [3.63, 3.8) is 0 Å². The van der Waals surface area contributed by atoms with E-state index < -0.39 is 67.5 Å². The highest BCUT2D eigenvalue weighted by Crippen LogP contribution is 2.37. The molecule has 0 aromatic rings. The molecule has 6 N–H and O–H groups in total. The van der Waals surface area contributed by atoms with Crippen molar-refractivity contribution < 1.29 is 44.5 Å². The number of aliphatic hydroxyl groups is 5. The van der Waals surface area contributed by atoms with Crippen molar-refractivity contribution in [1.29, 1.82) is 0 Å². The third-order valence-electron chi connectivity index (χ3n) is 5.93. The molecule has 10 atom stereocenters. The maximum atomic E-state index is 11.3. The van der Waals surface area contributed by atoms with Gasteiger partial charge >= 0.3 is 0 Å². The molecule has 5 aliphatic rings. The van der Waals surface area contributed by atoms with E-state index >= 15 is 0 Å². The van der Waals surface area contributed by atoms with Crippen LogP contribution in [-0.4, -0.2) is 106 Å². The third kappa shape index (κ3) is 4.34. The Kier molecular flexibility index (Phi) is 7.26. The van der Waals surface area contributed by atoms with E-state index in [1.165, 1.54) is 6.92 Å². The summed E-state index contributed by atoms with van der Waals surface area (Å²) in [6.07, 6.45) is -7.89. The number of carbonyl (C=O) groups excluding carboxylic acids is 1. The first kappa shape index (κ1) is 21.8. The van der Waals surface area contributed by atoms with Crippen molar-refractivity contribution in [3.8, 4) is 0 Å². The van der Waals surface area contributed by atoms with E-state index in [2.05, 4.69) is 5.32 Å². The van der Waals surface area contributed by atoms with Crippen LogP contribution >= 0.6 is 0 Å². The minimum absolute atomic E-state index is 0.0406. The van der Waals surface area contributed by atoms with Crippen LogP contribution in [0.3, 0.4) is 0 Å². The van der Waals surface area contributed by atoms with Gasteiger partial charge in [0.05, 0.1) is 31.0 Å². The van der Waals surface area contributed by atoms with E-state index in [9.17, 15) is 30.3 Å². The average molecular weight is 405 g/mol. The second-order valence-corrected chi connectivity index (χ2v) is 7.84. The van der Waals surface area contributed by atoms with Crippen molar-refractivity contribution in [2.24, 2.45) is 5.92 Å². The summed E-state index contributed by atoms with van der Waals surface area (Å²) in [5.41, 5.74) is 0. The molecule has 5 saturated heterocycles. The predicted molar refractivity (Wildman–Crippen MR) is 94.2 cm³/mol. The van der Waals surface area contributed by atoms with E-state index in [0.717, 1.165) is 0 Å². The fraction of sp³-hybridized carbons (Fsp3) is 0.944. The van der Waals surface area contributed by atoms with Gasteiger partial charge in [-0.2, -0.15) is 0 Å². The molecule has 0 saturated carbocycles. The van der Waals surface area contributed by atoms with Gasteiger partial charge in [0.15, 0.2) is 0 Å². The van der Waals surface area contributed by atoms with Gasteiger partial charge in [0, 0.05) is 26.0 Å². The number of fused-ring (bicyclic) bond motifs is 2. The van der Waals surface area contributed by atoms with Crippen LogP contribution in [0.25, 0.3) is 0 Å². The molecule has 5 heterocycles. The zero-order valence-corrected chi connectivity index (χ0v) is 15.9. The van der Waals surface area contributed by atoms with E-state index in [-0.39, 0.29) is 19.1 Å². The molecule has 28 heavy (non-hydrogen) atoms. The number of nitrogens with one attached hydrogen (secondary N) is 1. The van der Waals surface area contributed by atoms with E-state index in [1.54, 1.807) is 0 Å². The van der Waals surface area contributed by atoms with Gasteiger partial charge in [0.2, 0.25) is 5.91 Å². The summed E-state index contributed by atoms with van der Waals surface area (Å²) in [6, 6.07) is 0. The van der Waals surface area contributed by atoms with Crippen LogP contribution < -0.4 is 5.32 Å². The summed E-state index contributed by atoms with van der Waals surface area (Å²) < 4.78 is 17.5. The van der Waals surface area contributed by atoms with Gasteiger partial charge in [0.25, 0.3) is 0 Å². The standard InChI is InChI=1S/C18H31NO9/c1-8(21)19-6-10-17-15(24)16(25)18(28-10)12-11(7-20)27-9(13(22)14(12)23)4-2-3-5-26-17/h9-18,20,22-25H,2-7H2,1H3,(H,19,21)/t9-,10-,11-,12?,13+,14+,15-,16-,17-,18-/m1/s1. The lowest BCUT2D eigenvalue weighted by molar-refractivity contribution is -0.287. The molecule has 0 radical (unpaired) electrons. The number of amides is 1. The van der Waals surface area contributed by atoms with Crippen molar-refractivity contribution in [2.75, 3.05) is 19.8 Å². The van der Waals surface area contributed by atoms with Crippen LogP contribution in [0.4, 0.5) is 0 Å². The highest BCUT2D eigenvalue weighted by molar-refractivity contribution is 5.72. The van der Waals surface area contributed by atoms with Crippen LogP contribution in [0.15, 0.2) is 0 Å². The highest BCUT2D eigenvalue weighted by atomic mass is 16.6. The van der Waals surface area contributed by atoms with Crippen LogP contribution in [0, 0.1) is 5.92 Å². The lowest BCUT2D eigenvalue weighted by atomic mass is 9.77. The Morgan fingerprint density at radius 1 is 0.964 bits per heavy atom. The zero-order valence-electron chi connectivity index (χ0n) is 15.9. The monoisotopic (exact) mass is 405 g/mol. The SMILES string of the molecule is CC(=O)NC[C@H]1O[C@@H]2C3[C@@H](CO)O[C@H](CCCCO[C@H]1[C@H](O)[C@H]2O)[C@H](O)[C@H]3O. The molecule has 5 fully saturated rings. The van der Waals surface area contributed by atoms with E-state index in [0.29, 0.717) is 19.3 Å². The van der Waals surface area contributed by atoms with Gasteiger partial charge in [-0.15, -0.1) is 0 Å². The fourth-order valence-corrected chi connectivity index (χ4v) is 4.44. The molecule has 0 aromatic heterocycles. The lowest BCUT2D eigenvalue weighted by Gasteiger charge is -2.50. The zero-order chi connectivity index (χ0) is 20.4. The Morgan fingerprint density at radius 3 is 2.36 bits per heavy atom. The van der Waals surface area contributed by atoms with Gasteiger partial charge in [0.1, 0.15) is 30.5 Å². The van der Waals surface area contributed by atoms with Crippen LogP contribution in [0.2, 0.25) is 0 Å². The van der Waals surface area contributed by atoms with E-state index in [4.69, 9.17) is 14.2 Å². The maximum absolute atomic E-state index is 11.3. The molecule has 1 amide bonds. The highest BCUT2D eigenvalue weighted by Gasteiger charge is 2.55. The second kappa shape index (κ2) is 9.31. The van der Waals surface area contributed by atoms with Crippen molar-refractivity contribution >= 4 is 5.91 Å². The average Bonchev–Trinajstić information content (AvgIpc) is 2.69. The lowest BCUT2D eigenvalue weighted by Crippen LogP contribution is -2.68. The molecule has 10 heteroatoms. The maximum Gasteiger partial charge on any atom is 0.216 e. The van der Waals surface area contributed by atoms with Gasteiger partial charge in [-0.3, -0.25) is 4.79 Å². The second-order valence-electron chi connectivity index (χ2n) is 7.84. The minimum atomic E-state index is -1.43. The number of rotatable bonds is 3. The molecule has 0 aliphatic carbocycles. The Balaban J connectivity index is 1.93. The van der Waals surface area contributed by atoms with Crippen LogP contribution in [0.1, 0.15) is 26.2 Å². The number of carbonyl (C=O) groups is 1. The molecule has 162 valence electrons. The number of ether oxygens (including phenoxy) is 3. The summed E-state index contributed by atoms with van der Waals surface area (Å²) >= 11 is 0. The topological polar surface area (TPSA) is 158 Å². The molecule has 0 aromatic carbocycles. The van der Waals surface area contributed by atoms with Crippen LogP contribution in [-0.2, 0) is 19.0 Å². The number of hydrogen-bond acceptors (Lipinski definition) is 9. The largest absolute Gasteiger partial charge is 0.394 e. The van der Waals surface area contributed by atoms with Crippen molar-refractivity contribution in [2.45, 2.75) is 81.1 Å². The van der Waals surface area contributed by atoms with Crippen LogP contribution in [0.5, 0.6) is 0 Å². The smallest absolute Gasteiger partial charge is 0.216 e. The molecular weight excluding hydrogens is 374 g/mol. The van der Waals surface area contributed by atoms with Gasteiger partial charge in [-0.05, 0) is 19.3 Å². The number of hydrogen-bond donors (Lipinski definition) is 6. The minimum Gasteiger partial charge on any atom is -0.394 e. The molecule has 0 spiro atoms. The molecule has 5 rings (SSSR count). The molecule has 10 nitrogen and oxygen atoms in total. The first-order valence-corrected chi connectivity index (χ1v) is 9.85. The molecule has 5 aliphatic heterocycles.